The molecule has 1 aliphatic rings. The summed E-state index contributed by atoms with van der Waals surface area (Å²) in [5, 5.41) is 15.3. The number of benzene rings is 2. The standard InChI is InChI=1S/C21H18N4O4/c26-20-11-10-18(16-6-3-8-17(13-16)25(28)29)22-24(20)14-21(27)23-12-4-7-15-5-1-2-9-19(15)23/h1-3,5-6,8-11,13H,4,7,12,14H2. The number of hydrogen-bond acceptors (Lipinski definition) is 5. The van der Waals surface area contributed by atoms with Gasteiger partial charge in [0.2, 0.25) is 5.91 Å². The first kappa shape index (κ1) is 18.5. The Bertz CT molecular complexity index is 1160. The van der Waals surface area contributed by atoms with Gasteiger partial charge in [-0.2, -0.15) is 5.10 Å². The molecular formula is C21H18N4O4. The minimum Gasteiger partial charge on any atom is -0.311 e. The number of fused-ring (bicyclic) bond motifs is 1. The molecule has 0 bridgehead atoms. The summed E-state index contributed by atoms with van der Waals surface area (Å²) in [4.78, 5) is 37.4. The van der Waals surface area contributed by atoms with E-state index < -0.39 is 10.5 Å². The molecule has 8 heteroatoms. The summed E-state index contributed by atoms with van der Waals surface area (Å²) in [5.41, 5.74) is 2.40. The predicted octanol–water partition coefficient (Wildman–Crippen LogP) is 2.80. The van der Waals surface area contributed by atoms with E-state index in [9.17, 15) is 19.7 Å². The highest BCUT2D eigenvalue weighted by molar-refractivity contribution is 5.94. The Balaban J connectivity index is 1.63. The number of non-ortho nitro benzene ring substituents is 1. The van der Waals surface area contributed by atoms with Crippen LogP contribution in [-0.4, -0.2) is 27.2 Å². The molecule has 8 nitrogen and oxygen atoms in total. The maximum Gasteiger partial charge on any atom is 0.270 e. The van der Waals surface area contributed by atoms with Crippen LogP contribution < -0.4 is 10.5 Å². The summed E-state index contributed by atoms with van der Waals surface area (Å²) in [6.07, 6.45) is 1.78. The van der Waals surface area contributed by atoms with E-state index in [0.29, 0.717) is 17.8 Å². The lowest BCUT2D eigenvalue weighted by atomic mass is 10.0. The Morgan fingerprint density at radius 1 is 1.10 bits per heavy atom. The van der Waals surface area contributed by atoms with Gasteiger partial charge in [0, 0.05) is 36.0 Å². The van der Waals surface area contributed by atoms with Crippen molar-refractivity contribution in [1.29, 1.82) is 0 Å². The zero-order chi connectivity index (χ0) is 20.4. The molecule has 0 atom stereocenters. The SMILES string of the molecule is O=C(Cn1nc(-c2cccc([N+](=O)[O-])c2)ccc1=O)N1CCCc2ccccc21. The molecule has 0 N–H and O–H groups in total. The van der Waals surface area contributed by atoms with Crippen LogP contribution in [0, 0.1) is 10.1 Å². The molecule has 146 valence electrons. The Morgan fingerprint density at radius 3 is 2.76 bits per heavy atom. The highest BCUT2D eigenvalue weighted by atomic mass is 16.6. The fraction of sp³-hybridized carbons (Fsp3) is 0.190. The number of nitro groups is 1. The summed E-state index contributed by atoms with van der Waals surface area (Å²) in [6, 6.07) is 16.6. The van der Waals surface area contributed by atoms with Gasteiger partial charge in [0.1, 0.15) is 6.54 Å². The van der Waals surface area contributed by atoms with Gasteiger partial charge in [0.05, 0.1) is 10.6 Å². The predicted molar refractivity (Wildman–Crippen MR) is 108 cm³/mol. The number of aromatic nitrogens is 2. The van der Waals surface area contributed by atoms with Gasteiger partial charge in [-0.15, -0.1) is 0 Å². The molecule has 3 aromatic rings. The first-order valence-corrected chi connectivity index (χ1v) is 9.24. The number of para-hydroxylation sites is 1. The van der Waals surface area contributed by atoms with Crippen LogP contribution in [0.15, 0.2) is 65.5 Å². The average Bonchev–Trinajstić information content (AvgIpc) is 2.75. The van der Waals surface area contributed by atoms with Crippen molar-refractivity contribution in [3.8, 4) is 11.3 Å². The van der Waals surface area contributed by atoms with Crippen molar-refractivity contribution in [1.82, 2.24) is 9.78 Å². The fourth-order valence-electron chi connectivity index (χ4n) is 3.50. The normalized spacial score (nSPS) is 13.0. The van der Waals surface area contributed by atoms with Crippen molar-refractivity contribution in [3.05, 3.63) is 86.7 Å². The summed E-state index contributed by atoms with van der Waals surface area (Å²) < 4.78 is 1.10. The summed E-state index contributed by atoms with van der Waals surface area (Å²) >= 11 is 0. The molecule has 0 spiro atoms. The van der Waals surface area contributed by atoms with E-state index in [0.717, 1.165) is 28.8 Å². The van der Waals surface area contributed by atoms with E-state index in [1.54, 1.807) is 17.0 Å². The van der Waals surface area contributed by atoms with Gasteiger partial charge in [-0.3, -0.25) is 19.7 Å². The second-order valence-corrected chi connectivity index (χ2v) is 6.80. The molecule has 0 fully saturated rings. The number of carbonyl (C=O) groups excluding carboxylic acids is 1. The smallest absolute Gasteiger partial charge is 0.270 e. The lowest BCUT2D eigenvalue weighted by Crippen LogP contribution is -2.40. The molecule has 0 aliphatic carbocycles. The van der Waals surface area contributed by atoms with E-state index in [1.807, 2.05) is 24.3 Å². The van der Waals surface area contributed by atoms with Crippen LogP contribution >= 0.6 is 0 Å². The van der Waals surface area contributed by atoms with E-state index in [2.05, 4.69) is 5.10 Å². The van der Waals surface area contributed by atoms with Crippen LogP contribution in [0.2, 0.25) is 0 Å². The molecular weight excluding hydrogens is 372 g/mol. The van der Waals surface area contributed by atoms with E-state index >= 15 is 0 Å². The summed E-state index contributed by atoms with van der Waals surface area (Å²) in [5.74, 6) is -0.219. The Labute approximate surface area is 166 Å². The maximum atomic E-state index is 12.9. The average molecular weight is 390 g/mol. The third kappa shape index (κ3) is 3.77. The first-order valence-electron chi connectivity index (χ1n) is 9.24. The molecule has 0 radical (unpaired) electrons. The molecule has 0 unspecified atom stereocenters. The monoisotopic (exact) mass is 390 g/mol. The molecule has 0 saturated carbocycles. The Kier molecular flexibility index (Phi) is 4.90. The zero-order valence-electron chi connectivity index (χ0n) is 15.5. The Hall–Kier alpha value is -3.81. The number of carbonyl (C=O) groups is 1. The van der Waals surface area contributed by atoms with E-state index in [4.69, 9.17) is 0 Å². The number of aryl methyl sites for hydroxylation is 1. The maximum absolute atomic E-state index is 12.9. The third-order valence-corrected chi connectivity index (χ3v) is 4.92. The van der Waals surface area contributed by atoms with Crippen molar-refractivity contribution in [2.75, 3.05) is 11.4 Å². The Morgan fingerprint density at radius 2 is 1.93 bits per heavy atom. The largest absolute Gasteiger partial charge is 0.311 e. The number of amides is 1. The summed E-state index contributed by atoms with van der Waals surface area (Å²) in [7, 11) is 0. The van der Waals surface area contributed by atoms with Crippen LogP contribution in [0.5, 0.6) is 0 Å². The van der Waals surface area contributed by atoms with Gasteiger partial charge in [-0.25, -0.2) is 4.68 Å². The lowest BCUT2D eigenvalue weighted by molar-refractivity contribution is -0.384. The number of anilines is 1. The quantitative estimate of drug-likeness (QED) is 0.504. The van der Waals surface area contributed by atoms with Crippen molar-refractivity contribution in [2.45, 2.75) is 19.4 Å². The molecule has 1 aliphatic heterocycles. The molecule has 29 heavy (non-hydrogen) atoms. The van der Waals surface area contributed by atoms with Crippen LogP contribution in [0.3, 0.4) is 0 Å². The van der Waals surface area contributed by atoms with Gasteiger partial charge < -0.3 is 4.90 Å². The molecule has 2 aromatic carbocycles. The second kappa shape index (κ2) is 7.67. The number of nitro benzene ring substituents is 1. The van der Waals surface area contributed by atoms with Crippen molar-refractivity contribution in [2.24, 2.45) is 0 Å². The van der Waals surface area contributed by atoms with Crippen molar-refractivity contribution in [3.63, 3.8) is 0 Å². The fourth-order valence-corrected chi connectivity index (χ4v) is 3.50. The van der Waals surface area contributed by atoms with E-state index in [-0.39, 0.29) is 18.1 Å². The van der Waals surface area contributed by atoms with E-state index in [1.165, 1.54) is 24.3 Å². The molecule has 1 aromatic heterocycles. The van der Waals surface area contributed by atoms with Crippen LogP contribution in [0.25, 0.3) is 11.3 Å². The molecule has 2 heterocycles. The number of rotatable bonds is 4. The molecule has 0 saturated heterocycles. The third-order valence-electron chi connectivity index (χ3n) is 4.92. The number of hydrogen-bond donors (Lipinski definition) is 0. The van der Waals surface area contributed by atoms with Gasteiger partial charge >= 0.3 is 0 Å². The molecule has 1 amide bonds. The number of nitrogens with zero attached hydrogens (tertiary/aromatic N) is 4. The van der Waals surface area contributed by atoms with Gasteiger partial charge in [-0.1, -0.05) is 30.3 Å². The highest BCUT2D eigenvalue weighted by Crippen LogP contribution is 2.27. The van der Waals surface area contributed by atoms with Gasteiger partial charge in [-0.05, 0) is 30.5 Å². The summed E-state index contributed by atoms with van der Waals surface area (Å²) in [6.45, 7) is 0.394. The van der Waals surface area contributed by atoms with Crippen LogP contribution in [0.1, 0.15) is 12.0 Å². The lowest BCUT2D eigenvalue weighted by Gasteiger charge is -2.29. The highest BCUT2D eigenvalue weighted by Gasteiger charge is 2.23. The van der Waals surface area contributed by atoms with Crippen molar-refractivity contribution < 1.29 is 9.72 Å². The zero-order valence-corrected chi connectivity index (χ0v) is 15.5. The van der Waals surface area contributed by atoms with Gasteiger partial charge in [0.15, 0.2) is 0 Å². The van der Waals surface area contributed by atoms with Crippen molar-refractivity contribution >= 4 is 17.3 Å². The minimum atomic E-state index is -0.489. The first-order chi connectivity index (χ1) is 14.0. The van der Waals surface area contributed by atoms with Crippen LogP contribution in [0.4, 0.5) is 11.4 Å². The topological polar surface area (TPSA) is 98.3 Å². The molecule has 4 rings (SSSR count). The minimum absolute atomic E-state index is 0.0666. The van der Waals surface area contributed by atoms with Crippen LogP contribution in [-0.2, 0) is 17.8 Å². The second-order valence-electron chi connectivity index (χ2n) is 6.80. The van der Waals surface area contributed by atoms with Gasteiger partial charge in [0.25, 0.3) is 11.2 Å².